The zero-order valence-electron chi connectivity index (χ0n) is 17.2. The Labute approximate surface area is 185 Å². The lowest BCUT2D eigenvalue weighted by Gasteiger charge is -2.15. The number of phenolic OH excluding ortho intramolecular Hbond substituents is 1. The van der Waals surface area contributed by atoms with Gasteiger partial charge in [0.1, 0.15) is 5.75 Å². The van der Waals surface area contributed by atoms with Gasteiger partial charge in [0, 0.05) is 17.1 Å². The molecule has 3 rings (SSSR count). The summed E-state index contributed by atoms with van der Waals surface area (Å²) in [6.07, 6.45) is 0.374. The molecule has 0 fully saturated rings. The summed E-state index contributed by atoms with van der Waals surface area (Å²) in [6.45, 7) is 3.72. The molecule has 0 amide bonds. The van der Waals surface area contributed by atoms with Crippen molar-refractivity contribution >= 4 is 39.3 Å². The molecular weight excluding hydrogens is 472 g/mol. The monoisotopic (exact) mass is 494 g/mol. The highest BCUT2D eigenvalue weighted by molar-refractivity contribution is 9.10. The lowest BCUT2D eigenvalue weighted by atomic mass is 10.2. The minimum absolute atomic E-state index is 0.0233. The van der Waals surface area contributed by atoms with Crippen LogP contribution in [-0.4, -0.2) is 54.3 Å². The topological polar surface area (TPSA) is 147 Å². The van der Waals surface area contributed by atoms with Gasteiger partial charge in [0.15, 0.2) is 11.2 Å². The van der Waals surface area contributed by atoms with E-state index in [1.807, 2.05) is 13.8 Å². The molecule has 0 spiro atoms. The van der Waals surface area contributed by atoms with E-state index in [9.17, 15) is 19.8 Å². The van der Waals surface area contributed by atoms with E-state index in [2.05, 4.69) is 36.4 Å². The average Bonchev–Trinajstić information content (AvgIpc) is 3.06. The summed E-state index contributed by atoms with van der Waals surface area (Å²) in [7, 11) is 1.48. The Morgan fingerprint density at radius 1 is 1.39 bits per heavy atom. The van der Waals surface area contributed by atoms with Crippen LogP contribution in [0.4, 0.5) is 5.95 Å². The summed E-state index contributed by atoms with van der Waals surface area (Å²) in [5, 5.41) is 24.4. The Kier molecular flexibility index (Phi) is 6.93. The lowest BCUT2D eigenvalue weighted by Crippen LogP contribution is -2.30. The van der Waals surface area contributed by atoms with E-state index in [1.165, 1.54) is 28.5 Å². The van der Waals surface area contributed by atoms with Gasteiger partial charge in [-0.05, 0) is 32.0 Å². The summed E-state index contributed by atoms with van der Waals surface area (Å²) >= 11 is 3.32. The van der Waals surface area contributed by atoms with Crippen LogP contribution in [0.3, 0.4) is 0 Å². The van der Waals surface area contributed by atoms with Gasteiger partial charge in [-0.2, -0.15) is 10.1 Å². The predicted molar refractivity (Wildman–Crippen MR) is 120 cm³/mol. The number of hydrogen-bond donors (Lipinski definition) is 4. The fraction of sp³-hybridized carbons (Fsp3) is 0.368. The summed E-state index contributed by atoms with van der Waals surface area (Å²) in [5.41, 5.74) is 2.15. The first-order chi connectivity index (χ1) is 14.7. The van der Waals surface area contributed by atoms with Gasteiger partial charge in [-0.15, -0.1) is 0 Å². The molecule has 4 N–H and O–H groups in total. The van der Waals surface area contributed by atoms with Gasteiger partial charge >= 0.3 is 5.69 Å². The zero-order chi connectivity index (χ0) is 22.7. The second-order valence-corrected chi connectivity index (χ2v) is 8.06. The number of aryl methyl sites for hydroxylation is 1. The molecule has 1 atom stereocenters. The molecule has 11 nitrogen and oxygen atoms in total. The number of aliphatic hydroxyl groups excluding tert-OH is 1. The van der Waals surface area contributed by atoms with Gasteiger partial charge in [0.25, 0.3) is 5.56 Å². The second kappa shape index (κ2) is 9.45. The highest BCUT2D eigenvalue weighted by atomic mass is 79.9. The number of ether oxygens (including phenoxy) is 1. The van der Waals surface area contributed by atoms with Crippen LogP contribution in [0.2, 0.25) is 0 Å². The average molecular weight is 495 g/mol. The van der Waals surface area contributed by atoms with Crippen LogP contribution >= 0.6 is 15.9 Å². The van der Waals surface area contributed by atoms with Crippen molar-refractivity contribution in [3.63, 3.8) is 0 Å². The maximum absolute atomic E-state index is 12.5. The van der Waals surface area contributed by atoms with Crippen LogP contribution in [0.15, 0.2) is 37.4 Å². The highest BCUT2D eigenvalue weighted by Crippen LogP contribution is 2.20. The second-order valence-electron chi connectivity index (χ2n) is 7.15. The van der Waals surface area contributed by atoms with Crippen LogP contribution in [-0.2, 0) is 18.3 Å². The number of phenols is 1. The van der Waals surface area contributed by atoms with Crippen molar-refractivity contribution in [1.29, 1.82) is 0 Å². The van der Waals surface area contributed by atoms with Gasteiger partial charge in [-0.25, -0.2) is 10.2 Å². The third kappa shape index (κ3) is 5.21. The molecule has 0 aliphatic heterocycles. The van der Waals surface area contributed by atoms with Crippen molar-refractivity contribution in [2.75, 3.05) is 12.0 Å². The molecule has 1 unspecified atom stereocenters. The van der Waals surface area contributed by atoms with Gasteiger partial charge in [0.2, 0.25) is 5.95 Å². The van der Waals surface area contributed by atoms with E-state index in [-0.39, 0.29) is 42.1 Å². The molecule has 1 aromatic carbocycles. The lowest BCUT2D eigenvalue weighted by molar-refractivity contribution is -0.000105. The summed E-state index contributed by atoms with van der Waals surface area (Å²) in [4.78, 5) is 31.0. The number of fused-ring (bicyclic) bond motifs is 1. The third-order valence-corrected chi connectivity index (χ3v) is 4.87. The molecule has 0 bridgehead atoms. The normalized spacial score (nSPS) is 12.8. The SMILES string of the molecule is CC(C)OCC(O)Cn1c(NN=Cc2cc(Br)ccc2O)nc2c1c(=O)[nH]c(=O)n2C. The fourth-order valence-electron chi connectivity index (χ4n) is 2.85. The van der Waals surface area contributed by atoms with E-state index >= 15 is 0 Å². The number of benzene rings is 1. The first-order valence-electron chi connectivity index (χ1n) is 9.44. The maximum atomic E-state index is 12.5. The summed E-state index contributed by atoms with van der Waals surface area (Å²) in [5.74, 6) is 0.165. The van der Waals surface area contributed by atoms with E-state index in [1.54, 1.807) is 12.1 Å². The number of rotatable bonds is 8. The number of aromatic amines is 1. The minimum atomic E-state index is -0.935. The third-order valence-electron chi connectivity index (χ3n) is 4.38. The number of anilines is 1. The smallest absolute Gasteiger partial charge is 0.329 e. The number of aliphatic hydroxyl groups is 1. The Morgan fingerprint density at radius 2 is 2.13 bits per heavy atom. The molecule has 12 heteroatoms. The largest absolute Gasteiger partial charge is 0.507 e. The van der Waals surface area contributed by atoms with Gasteiger partial charge in [-0.3, -0.25) is 14.3 Å². The molecule has 31 heavy (non-hydrogen) atoms. The molecule has 166 valence electrons. The summed E-state index contributed by atoms with van der Waals surface area (Å²) in [6, 6.07) is 4.87. The minimum Gasteiger partial charge on any atom is -0.507 e. The number of nitrogens with one attached hydrogen (secondary N) is 2. The zero-order valence-corrected chi connectivity index (χ0v) is 18.8. The first kappa shape index (κ1) is 22.7. The van der Waals surface area contributed by atoms with Gasteiger partial charge < -0.3 is 19.5 Å². The molecule has 0 radical (unpaired) electrons. The van der Waals surface area contributed by atoms with Crippen molar-refractivity contribution in [1.82, 2.24) is 19.1 Å². The molecule has 2 heterocycles. The number of aromatic nitrogens is 4. The maximum Gasteiger partial charge on any atom is 0.329 e. The van der Waals surface area contributed by atoms with E-state index < -0.39 is 17.4 Å². The summed E-state index contributed by atoms with van der Waals surface area (Å²) < 4.78 is 8.82. The Bertz CT molecular complexity index is 1230. The molecule has 2 aromatic heterocycles. The van der Waals surface area contributed by atoms with E-state index in [4.69, 9.17) is 4.74 Å². The predicted octanol–water partition coefficient (Wildman–Crippen LogP) is 1.12. The van der Waals surface area contributed by atoms with E-state index in [0.717, 1.165) is 4.47 Å². The molecule has 0 saturated heterocycles. The number of halogens is 1. The number of nitrogens with zero attached hydrogens (tertiary/aromatic N) is 4. The number of hydrogen-bond acceptors (Lipinski definition) is 8. The van der Waals surface area contributed by atoms with Crippen LogP contribution in [0, 0.1) is 0 Å². The van der Waals surface area contributed by atoms with Crippen LogP contribution < -0.4 is 16.7 Å². The number of H-pyrrole nitrogens is 1. The van der Waals surface area contributed by atoms with Crippen molar-refractivity contribution in [2.45, 2.75) is 32.6 Å². The quantitative estimate of drug-likeness (QED) is 0.271. The Morgan fingerprint density at radius 3 is 2.84 bits per heavy atom. The molecule has 0 aliphatic carbocycles. The van der Waals surface area contributed by atoms with Gasteiger partial charge in [0.05, 0.1) is 31.6 Å². The first-order valence-corrected chi connectivity index (χ1v) is 10.2. The molecular formula is C19H23BrN6O5. The Balaban J connectivity index is 1.99. The standard InChI is InChI=1S/C19H23BrN6O5/c1-10(2)31-9-13(27)8-26-15-16(25(3)19(30)23-17(15)29)22-18(26)24-21-7-11-6-12(20)4-5-14(11)28/h4-7,10,13,27-28H,8-9H2,1-3H3,(H,22,24)(H,23,29,30). The van der Waals surface area contributed by atoms with Crippen LogP contribution in [0.5, 0.6) is 5.75 Å². The van der Waals surface area contributed by atoms with Crippen molar-refractivity contribution in [3.05, 3.63) is 49.1 Å². The molecule has 0 saturated carbocycles. The molecule has 3 aromatic rings. The number of imidazole rings is 1. The highest BCUT2D eigenvalue weighted by Gasteiger charge is 2.19. The van der Waals surface area contributed by atoms with E-state index in [0.29, 0.717) is 5.56 Å². The van der Waals surface area contributed by atoms with Crippen LogP contribution in [0.1, 0.15) is 19.4 Å². The molecule has 0 aliphatic rings. The van der Waals surface area contributed by atoms with Crippen molar-refractivity contribution < 1.29 is 14.9 Å². The number of aromatic hydroxyl groups is 1. The Hall–Kier alpha value is -2.96. The van der Waals surface area contributed by atoms with Crippen molar-refractivity contribution in [3.8, 4) is 5.75 Å². The fourth-order valence-corrected chi connectivity index (χ4v) is 3.23. The number of hydrazone groups is 1. The van der Waals surface area contributed by atoms with Crippen molar-refractivity contribution in [2.24, 2.45) is 12.1 Å². The van der Waals surface area contributed by atoms with Crippen LogP contribution in [0.25, 0.3) is 11.2 Å². The van der Waals surface area contributed by atoms with Gasteiger partial charge in [-0.1, -0.05) is 15.9 Å².